The van der Waals surface area contributed by atoms with Gasteiger partial charge in [-0.3, -0.25) is 4.98 Å². The van der Waals surface area contributed by atoms with Crippen LogP contribution >= 0.6 is 0 Å². The van der Waals surface area contributed by atoms with Gasteiger partial charge in [0, 0.05) is 19.8 Å². The van der Waals surface area contributed by atoms with Crippen LogP contribution in [0.2, 0.25) is 0 Å². The first-order chi connectivity index (χ1) is 9.15. The van der Waals surface area contributed by atoms with Crippen molar-refractivity contribution in [2.75, 3.05) is 12.4 Å². The van der Waals surface area contributed by atoms with E-state index in [1.165, 1.54) is 5.56 Å². The van der Waals surface area contributed by atoms with Gasteiger partial charge in [0.25, 0.3) is 0 Å². The van der Waals surface area contributed by atoms with Crippen LogP contribution in [0.3, 0.4) is 0 Å². The molecule has 0 atom stereocenters. The van der Waals surface area contributed by atoms with Crippen LogP contribution in [0.5, 0.6) is 0 Å². The van der Waals surface area contributed by atoms with E-state index in [-0.39, 0.29) is 6.03 Å². The standard InChI is InChI=1S/C15H17N3O/c1-12-5-7-13(8-6-12)11-18(2)15(19)17-14-4-3-9-16-10-14/h3-10H,11H2,1-2H3,(H,17,19). The van der Waals surface area contributed by atoms with Gasteiger partial charge in [0.15, 0.2) is 0 Å². The van der Waals surface area contributed by atoms with Crippen molar-refractivity contribution in [3.63, 3.8) is 0 Å². The lowest BCUT2D eigenvalue weighted by Gasteiger charge is -2.18. The van der Waals surface area contributed by atoms with E-state index < -0.39 is 0 Å². The highest BCUT2D eigenvalue weighted by atomic mass is 16.2. The maximum absolute atomic E-state index is 12.0. The SMILES string of the molecule is Cc1ccc(CN(C)C(=O)Nc2cccnc2)cc1. The van der Waals surface area contributed by atoms with E-state index in [1.54, 1.807) is 30.4 Å². The van der Waals surface area contributed by atoms with E-state index >= 15 is 0 Å². The van der Waals surface area contributed by atoms with Gasteiger partial charge in [-0.2, -0.15) is 0 Å². The molecule has 4 nitrogen and oxygen atoms in total. The van der Waals surface area contributed by atoms with Gasteiger partial charge >= 0.3 is 6.03 Å². The Morgan fingerprint density at radius 2 is 2.00 bits per heavy atom. The second kappa shape index (κ2) is 6.00. The smallest absolute Gasteiger partial charge is 0.321 e. The minimum atomic E-state index is -0.145. The zero-order valence-corrected chi connectivity index (χ0v) is 11.1. The first kappa shape index (κ1) is 13.1. The minimum Gasteiger partial charge on any atom is -0.323 e. The molecule has 0 aliphatic heterocycles. The van der Waals surface area contributed by atoms with Gasteiger partial charge in [-0.1, -0.05) is 29.8 Å². The predicted octanol–water partition coefficient (Wildman–Crippen LogP) is 3.05. The van der Waals surface area contributed by atoms with E-state index in [1.807, 2.05) is 37.3 Å². The summed E-state index contributed by atoms with van der Waals surface area (Å²) in [6.45, 7) is 2.62. The molecule has 1 heterocycles. The number of aromatic nitrogens is 1. The summed E-state index contributed by atoms with van der Waals surface area (Å²) in [4.78, 5) is 17.6. The molecule has 2 amide bonds. The second-order valence-electron chi connectivity index (χ2n) is 4.51. The predicted molar refractivity (Wildman–Crippen MR) is 75.9 cm³/mol. The third kappa shape index (κ3) is 3.81. The van der Waals surface area contributed by atoms with Crippen molar-refractivity contribution in [1.29, 1.82) is 0 Å². The van der Waals surface area contributed by atoms with Gasteiger partial charge in [0.2, 0.25) is 0 Å². The monoisotopic (exact) mass is 255 g/mol. The van der Waals surface area contributed by atoms with Crippen LogP contribution in [0, 0.1) is 6.92 Å². The lowest BCUT2D eigenvalue weighted by Crippen LogP contribution is -2.30. The highest BCUT2D eigenvalue weighted by Crippen LogP contribution is 2.08. The Kier molecular flexibility index (Phi) is 4.13. The van der Waals surface area contributed by atoms with E-state index in [0.717, 1.165) is 5.56 Å². The first-order valence-corrected chi connectivity index (χ1v) is 6.13. The van der Waals surface area contributed by atoms with Crippen molar-refractivity contribution in [2.45, 2.75) is 13.5 Å². The molecule has 0 unspecified atom stereocenters. The summed E-state index contributed by atoms with van der Waals surface area (Å²) >= 11 is 0. The number of carbonyl (C=O) groups excluding carboxylic acids is 1. The largest absolute Gasteiger partial charge is 0.323 e. The number of rotatable bonds is 3. The number of aryl methyl sites for hydroxylation is 1. The van der Waals surface area contributed by atoms with Crippen LogP contribution in [0.15, 0.2) is 48.8 Å². The van der Waals surface area contributed by atoms with Gasteiger partial charge in [0.1, 0.15) is 0 Å². The average molecular weight is 255 g/mol. The normalized spacial score (nSPS) is 10.0. The Bertz CT molecular complexity index is 537. The molecule has 0 aliphatic rings. The Balaban J connectivity index is 1.94. The number of hydrogen-bond acceptors (Lipinski definition) is 2. The van der Waals surface area contributed by atoms with Gasteiger partial charge in [-0.25, -0.2) is 4.79 Å². The molecular formula is C15H17N3O. The van der Waals surface area contributed by atoms with Gasteiger partial charge < -0.3 is 10.2 Å². The second-order valence-corrected chi connectivity index (χ2v) is 4.51. The summed E-state index contributed by atoms with van der Waals surface area (Å²) < 4.78 is 0. The molecule has 1 N–H and O–H groups in total. The third-order valence-electron chi connectivity index (χ3n) is 2.80. The van der Waals surface area contributed by atoms with Crippen molar-refractivity contribution in [3.05, 3.63) is 59.9 Å². The molecule has 1 aromatic carbocycles. The molecule has 98 valence electrons. The number of pyridine rings is 1. The number of urea groups is 1. The Hall–Kier alpha value is -2.36. The lowest BCUT2D eigenvalue weighted by molar-refractivity contribution is 0.220. The van der Waals surface area contributed by atoms with Crippen LogP contribution in [0.1, 0.15) is 11.1 Å². The van der Waals surface area contributed by atoms with Crippen LogP contribution in [-0.2, 0) is 6.54 Å². The number of carbonyl (C=O) groups is 1. The zero-order valence-electron chi connectivity index (χ0n) is 11.1. The molecule has 0 aliphatic carbocycles. The molecule has 19 heavy (non-hydrogen) atoms. The quantitative estimate of drug-likeness (QED) is 0.916. The van der Waals surface area contributed by atoms with Crippen molar-refractivity contribution in [1.82, 2.24) is 9.88 Å². The van der Waals surface area contributed by atoms with Crippen molar-refractivity contribution < 1.29 is 4.79 Å². The van der Waals surface area contributed by atoms with Gasteiger partial charge in [-0.05, 0) is 24.6 Å². The number of nitrogens with zero attached hydrogens (tertiary/aromatic N) is 2. The Labute approximate surface area is 113 Å². The fourth-order valence-corrected chi connectivity index (χ4v) is 1.69. The van der Waals surface area contributed by atoms with Gasteiger partial charge in [-0.15, -0.1) is 0 Å². The number of benzene rings is 1. The van der Waals surface area contributed by atoms with Crippen LogP contribution in [-0.4, -0.2) is 23.0 Å². The van der Waals surface area contributed by atoms with Crippen molar-refractivity contribution >= 4 is 11.7 Å². The maximum Gasteiger partial charge on any atom is 0.321 e. The summed E-state index contributed by atoms with van der Waals surface area (Å²) in [7, 11) is 1.77. The Morgan fingerprint density at radius 1 is 1.26 bits per heavy atom. The third-order valence-corrected chi connectivity index (χ3v) is 2.80. The first-order valence-electron chi connectivity index (χ1n) is 6.13. The summed E-state index contributed by atoms with van der Waals surface area (Å²) in [6, 6.07) is 11.6. The summed E-state index contributed by atoms with van der Waals surface area (Å²) in [5.41, 5.74) is 3.02. The zero-order chi connectivity index (χ0) is 13.7. The molecule has 0 fully saturated rings. The lowest BCUT2D eigenvalue weighted by atomic mass is 10.1. The summed E-state index contributed by atoms with van der Waals surface area (Å²) in [6.07, 6.45) is 3.29. The molecule has 0 saturated heterocycles. The topological polar surface area (TPSA) is 45.2 Å². The molecule has 1 aromatic heterocycles. The summed E-state index contributed by atoms with van der Waals surface area (Å²) in [5, 5.41) is 2.80. The molecule has 0 saturated carbocycles. The molecule has 0 radical (unpaired) electrons. The highest BCUT2D eigenvalue weighted by Gasteiger charge is 2.09. The molecule has 0 bridgehead atoms. The van der Waals surface area contributed by atoms with Crippen LogP contribution in [0.25, 0.3) is 0 Å². The molecule has 2 aromatic rings. The average Bonchev–Trinajstić information content (AvgIpc) is 2.42. The van der Waals surface area contributed by atoms with Crippen molar-refractivity contribution in [2.24, 2.45) is 0 Å². The highest BCUT2D eigenvalue weighted by molar-refractivity contribution is 5.88. The van der Waals surface area contributed by atoms with Crippen molar-refractivity contribution in [3.8, 4) is 0 Å². The molecule has 4 heteroatoms. The van der Waals surface area contributed by atoms with Gasteiger partial charge in [0.05, 0.1) is 11.9 Å². The fraction of sp³-hybridized carbons (Fsp3) is 0.200. The van der Waals surface area contributed by atoms with Crippen LogP contribution in [0.4, 0.5) is 10.5 Å². The molecular weight excluding hydrogens is 238 g/mol. The summed E-state index contributed by atoms with van der Waals surface area (Å²) in [5.74, 6) is 0. The number of anilines is 1. The minimum absolute atomic E-state index is 0.145. The van der Waals surface area contributed by atoms with E-state index in [9.17, 15) is 4.79 Å². The van der Waals surface area contributed by atoms with E-state index in [2.05, 4.69) is 10.3 Å². The van der Waals surface area contributed by atoms with E-state index in [0.29, 0.717) is 12.2 Å². The molecule has 0 spiro atoms. The number of amides is 2. The Morgan fingerprint density at radius 3 is 2.63 bits per heavy atom. The molecule has 2 rings (SSSR count). The fourth-order valence-electron chi connectivity index (χ4n) is 1.69. The van der Waals surface area contributed by atoms with Crippen LogP contribution < -0.4 is 5.32 Å². The number of hydrogen-bond donors (Lipinski definition) is 1. The van der Waals surface area contributed by atoms with E-state index in [4.69, 9.17) is 0 Å². The number of nitrogens with one attached hydrogen (secondary N) is 1. The maximum atomic E-state index is 12.0.